The van der Waals surface area contributed by atoms with E-state index in [9.17, 15) is 0 Å². The molecule has 0 aliphatic carbocycles. The lowest BCUT2D eigenvalue weighted by Gasteiger charge is -2.46. The molecule has 0 heterocycles. The van der Waals surface area contributed by atoms with Crippen LogP contribution in [0.4, 0.5) is 0 Å². The summed E-state index contributed by atoms with van der Waals surface area (Å²) in [5.41, 5.74) is 0. The fraction of sp³-hybridized carbons (Fsp3) is 0.818. The minimum Gasteiger partial charge on any atom is -0.373 e. The third kappa shape index (κ3) is 3.97. The molecule has 24 heavy (non-hydrogen) atoms. The molecular formula is C11H29NO9Si3. The quantitative estimate of drug-likeness (QED) is 0.391. The molecule has 0 aromatic carbocycles. The molecule has 0 unspecified atom stereocenters. The lowest BCUT2D eigenvalue weighted by atomic mass is 11.1. The van der Waals surface area contributed by atoms with Crippen LogP contribution in [0.1, 0.15) is 0 Å². The Bertz CT molecular complexity index is 344. The molecule has 0 spiro atoms. The summed E-state index contributed by atoms with van der Waals surface area (Å²) in [7, 11) is 2.51. The average molecular weight is 404 g/mol. The van der Waals surface area contributed by atoms with Crippen LogP contribution in [0.3, 0.4) is 0 Å². The van der Waals surface area contributed by atoms with Crippen LogP contribution in [0.2, 0.25) is 0 Å². The van der Waals surface area contributed by atoms with Gasteiger partial charge in [0.25, 0.3) is 0 Å². The third-order valence-corrected chi connectivity index (χ3v) is 12.9. The van der Waals surface area contributed by atoms with Crippen LogP contribution < -0.4 is 0 Å². The smallest absolute Gasteiger partial charge is 0.373 e. The second kappa shape index (κ2) is 10.1. The number of hydrogen-bond acceptors (Lipinski definition) is 10. The Morgan fingerprint density at radius 2 is 0.792 bits per heavy atom. The first-order chi connectivity index (χ1) is 11.3. The maximum absolute atomic E-state index is 5.57. The summed E-state index contributed by atoms with van der Waals surface area (Å²) < 4.78 is 51.4. The Balaban J connectivity index is 6.49. The average Bonchev–Trinajstić information content (AvgIpc) is 2.65. The zero-order valence-corrected chi connectivity index (χ0v) is 18.8. The van der Waals surface area contributed by atoms with Crippen molar-refractivity contribution in [2.45, 2.75) is 0 Å². The molecule has 0 aliphatic heterocycles. The van der Waals surface area contributed by atoms with E-state index >= 15 is 0 Å². The van der Waals surface area contributed by atoms with Crippen molar-refractivity contribution in [1.29, 1.82) is 0 Å². The van der Waals surface area contributed by atoms with Gasteiger partial charge in [-0.15, -0.1) is 0 Å². The molecule has 0 aromatic rings. The highest BCUT2D eigenvalue weighted by atomic mass is 28.5. The molecule has 0 fully saturated rings. The zero-order chi connectivity index (χ0) is 19.0. The summed E-state index contributed by atoms with van der Waals surface area (Å²) in [5.74, 6) is 0. The molecule has 0 amide bonds. The summed E-state index contributed by atoms with van der Waals surface area (Å²) in [6.45, 7) is 4.06. The van der Waals surface area contributed by atoms with Crippen LogP contribution >= 0.6 is 0 Å². The summed E-state index contributed by atoms with van der Waals surface area (Å²) in [5, 5.41) is 0.268. The monoisotopic (exact) mass is 403 g/mol. The largest absolute Gasteiger partial charge is 0.629 e. The molecule has 0 bridgehead atoms. The highest BCUT2D eigenvalue weighted by molar-refractivity contribution is 6.80. The first-order valence-corrected chi connectivity index (χ1v) is 11.9. The van der Waals surface area contributed by atoms with Gasteiger partial charge in [-0.05, 0) is 0 Å². The van der Waals surface area contributed by atoms with Gasteiger partial charge in [0.1, 0.15) is 0 Å². The molecule has 10 nitrogen and oxygen atoms in total. The van der Waals surface area contributed by atoms with Gasteiger partial charge in [-0.2, -0.15) is 0 Å². The van der Waals surface area contributed by atoms with E-state index in [2.05, 4.69) is 6.58 Å². The topological polar surface area (TPSA) is 86.3 Å². The normalized spacial score (nSPS) is 13.2. The van der Waals surface area contributed by atoms with E-state index in [1.165, 1.54) is 68.2 Å². The lowest BCUT2D eigenvalue weighted by molar-refractivity contribution is 0.0274. The molecule has 0 N–H and O–H groups in total. The molecule has 13 heteroatoms. The van der Waals surface area contributed by atoms with E-state index in [1.807, 2.05) is 0 Å². The van der Waals surface area contributed by atoms with Gasteiger partial charge in [-0.1, -0.05) is 6.58 Å². The minimum absolute atomic E-state index is 0.268. The molecule has 0 saturated carbocycles. The first-order valence-electron chi connectivity index (χ1n) is 6.79. The minimum atomic E-state index is -3.55. The molecule has 144 valence electrons. The molecule has 0 rings (SSSR count). The lowest BCUT2D eigenvalue weighted by Crippen LogP contribution is -2.75. The fourth-order valence-electron chi connectivity index (χ4n) is 2.29. The van der Waals surface area contributed by atoms with E-state index in [1.54, 1.807) is 0 Å². The second-order valence-corrected chi connectivity index (χ2v) is 13.0. The maximum atomic E-state index is 5.57. The van der Waals surface area contributed by atoms with E-state index in [0.717, 1.165) is 0 Å². The van der Waals surface area contributed by atoms with Crippen molar-refractivity contribution in [3.8, 4) is 0 Å². The summed E-state index contributed by atoms with van der Waals surface area (Å²) in [6, 6.07) is 0. The highest BCUT2D eigenvalue weighted by Gasteiger charge is 2.67. The molecule has 0 saturated heterocycles. The van der Waals surface area contributed by atoms with Crippen molar-refractivity contribution in [3.63, 3.8) is 0 Å². The van der Waals surface area contributed by atoms with Gasteiger partial charge in [0.05, 0.1) is 5.32 Å². The van der Waals surface area contributed by atoms with Crippen molar-refractivity contribution < 1.29 is 39.8 Å². The summed E-state index contributed by atoms with van der Waals surface area (Å²) >= 11 is 0. The number of rotatable bonds is 13. The predicted molar refractivity (Wildman–Crippen MR) is 91.3 cm³/mol. The first kappa shape index (κ1) is 23.8. The van der Waals surface area contributed by atoms with Crippen LogP contribution in [-0.4, -0.2) is 95.0 Å². The van der Waals surface area contributed by atoms with E-state index in [4.69, 9.17) is 39.8 Å². The van der Waals surface area contributed by atoms with Gasteiger partial charge in [-0.3, -0.25) is 4.23 Å². The van der Waals surface area contributed by atoms with Crippen LogP contribution in [0.15, 0.2) is 11.9 Å². The maximum Gasteiger partial charge on any atom is 0.629 e. The van der Waals surface area contributed by atoms with Crippen LogP contribution in [0, 0.1) is 0 Å². The molecular weight excluding hydrogens is 374 g/mol. The molecule has 0 atom stereocenters. The van der Waals surface area contributed by atoms with Gasteiger partial charge in [0, 0.05) is 64.0 Å². The van der Waals surface area contributed by atoms with Crippen LogP contribution in [0.25, 0.3) is 0 Å². The van der Waals surface area contributed by atoms with Crippen molar-refractivity contribution in [1.82, 2.24) is 4.23 Å². The van der Waals surface area contributed by atoms with Crippen LogP contribution in [0.5, 0.6) is 0 Å². The summed E-state index contributed by atoms with van der Waals surface area (Å²) in [6.07, 6.45) is 0. The van der Waals surface area contributed by atoms with Gasteiger partial charge >= 0.3 is 26.7 Å². The van der Waals surface area contributed by atoms with E-state index in [0.29, 0.717) is 0 Å². The van der Waals surface area contributed by atoms with Crippen LogP contribution in [-0.2, 0) is 39.8 Å². The molecule has 0 aromatic heterocycles. The second-order valence-electron chi connectivity index (χ2n) is 4.22. The van der Waals surface area contributed by atoms with E-state index < -0.39 is 26.7 Å². The highest BCUT2D eigenvalue weighted by Crippen LogP contribution is 2.32. The van der Waals surface area contributed by atoms with Crippen molar-refractivity contribution in [3.05, 3.63) is 11.9 Å². The van der Waals surface area contributed by atoms with Crippen molar-refractivity contribution >= 4 is 26.7 Å². The standard InChI is InChI=1S/C11H29NO9Si3/c1-11(22(13-2,14-3)15-4)12(23(16-5,17-6)18-7)24(19-8,20-9)21-10/h1H2,2-10H3. The number of nitrogens with zero attached hydrogens (tertiary/aromatic N) is 1. The Hall–Kier alpha value is -0.169. The van der Waals surface area contributed by atoms with E-state index in [-0.39, 0.29) is 5.32 Å². The number of hydrogen-bond donors (Lipinski definition) is 0. The fourth-order valence-corrected chi connectivity index (χ4v) is 11.2. The Morgan fingerprint density at radius 1 is 0.542 bits per heavy atom. The van der Waals surface area contributed by atoms with Gasteiger partial charge in [0.15, 0.2) is 0 Å². The molecule has 0 aliphatic rings. The predicted octanol–water partition coefficient (Wildman–Crippen LogP) is -0.0310. The van der Waals surface area contributed by atoms with Crippen molar-refractivity contribution in [2.24, 2.45) is 0 Å². The van der Waals surface area contributed by atoms with Gasteiger partial charge in [0.2, 0.25) is 0 Å². The Labute approximate surface area is 147 Å². The summed E-state index contributed by atoms with van der Waals surface area (Å²) in [4.78, 5) is 0. The van der Waals surface area contributed by atoms with Crippen molar-refractivity contribution in [2.75, 3.05) is 64.0 Å². The third-order valence-electron chi connectivity index (χ3n) is 3.52. The Morgan fingerprint density at radius 3 is 0.958 bits per heavy atom. The van der Waals surface area contributed by atoms with Gasteiger partial charge < -0.3 is 39.8 Å². The zero-order valence-electron chi connectivity index (χ0n) is 15.8. The Kier molecular flexibility index (Phi) is 10.0. The SMILES string of the molecule is C=C(N([Si](OC)(OC)OC)[Si](OC)(OC)OC)[Si](OC)(OC)OC. The molecule has 0 radical (unpaired) electrons. The van der Waals surface area contributed by atoms with Gasteiger partial charge in [-0.25, -0.2) is 0 Å².